The minimum atomic E-state index is -3.49. The summed E-state index contributed by atoms with van der Waals surface area (Å²) < 4.78 is 37.0. The van der Waals surface area contributed by atoms with E-state index in [2.05, 4.69) is 9.97 Å². The minimum Gasteiger partial charge on any atom is -0.320 e. The molecular formula is C13H9FN2O3S2. The van der Waals surface area contributed by atoms with Gasteiger partial charge in [-0.2, -0.15) is 0 Å². The van der Waals surface area contributed by atoms with E-state index in [0.717, 1.165) is 17.6 Å². The molecule has 0 spiro atoms. The summed E-state index contributed by atoms with van der Waals surface area (Å²) in [6.45, 7) is 0. The molecule has 1 N–H and O–H groups in total. The number of H-pyrrole nitrogens is 1. The number of sulfone groups is 1. The van der Waals surface area contributed by atoms with Crippen LogP contribution in [0.5, 0.6) is 0 Å². The summed E-state index contributed by atoms with van der Waals surface area (Å²) in [5.74, 6) is -0.472. The van der Waals surface area contributed by atoms with Crippen LogP contribution in [0.1, 0.15) is 0 Å². The Kier molecular flexibility index (Phi) is 3.14. The van der Waals surface area contributed by atoms with E-state index in [-0.39, 0.29) is 21.1 Å². The summed E-state index contributed by atoms with van der Waals surface area (Å²) in [6.07, 6.45) is 1.02. The van der Waals surface area contributed by atoms with Gasteiger partial charge in [0.2, 0.25) is 14.2 Å². The molecule has 0 aliphatic rings. The average Bonchev–Trinajstić information content (AvgIpc) is 2.83. The van der Waals surface area contributed by atoms with Crippen LogP contribution >= 0.6 is 11.3 Å². The fourth-order valence-electron chi connectivity index (χ4n) is 1.90. The van der Waals surface area contributed by atoms with Gasteiger partial charge in [-0.3, -0.25) is 4.79 Å². The van der Waals surface area contributed by atoms with Crippen molar-refractivity contribution in [2.75, 3.05) is 6.26 Å². The standard InChI is InChI=1S/C13H9FN2O3S2/c1-21(18,19)13-16-11-10(20-13)6-9(15-12(11)17)7-4-2-3-5-8(7)14/h2-6H,1H3,(H,15,17). The Morgan fingerprint density at radius 1 is 1.29 bits per heavy atom. The van der Waals surface area contributed by atoms with Crippen molar-refractivity contribution in [3.63, 3.8) is 0 Å². The van der Waals surface area contributed by atoms with Crippen LogP contribution in [0.25, 0.3) is 21.5 Å². The number of hydrogen-bond donors (Lipinski definition) is 1. The summed E-state index contributed by atoms with van der Waals surface area (Å²) in [4.78, 5) is 18.4. The number of nitrogens with one attached hydrogen (secondary N) is 1. The Labute approximate surface area is 123 Å². The third-order valence-corrected chi connectivity index (χ3v) is 5.53. The molecule has 0 saturated carbocycles. The van der Waals surface area contributed by atoms with Gasteiger partial charge in [0.05, 0.1) is 10.4 Å². The number of rotatable bonds is 2. The predicted octanol–water partition coefficient (Wildman–Crippen LogP) is 2.19. The lowest BCUT2D eigenvalue weighted by atomic mass is 10.1. The Hall–Kier alpha value is -2.06. The van der Waals surface area contributed by atoms with E-state index < -0.39 is 21.2 Å². The quantitative estimate of drug-likeness (QED) is 0.783. The minimum absolute atomic E-state index is 0.0421. The monoisotopic (exact) mass is 324 g/mol. The van der Waals surface area contributed by atoms with Crippen LogP contribution in [-0.2, 0) is 9.84 Å². The van der Waals surface area contributed by atoms with Crippen LogP contribution in [-0.4, -0.2) is 24.6 Å². The van der Waals surface area contributed by atoms with Crippen molar-refractivity contribution in [2.24, 2.45) is 0 Å². The van der Waals surface area contributed by atoms with Gasteiger partial charge in [0, 0.05) is 11.8 Å². The first-order valence-electron chi connectivity index (χ1n) is 5.85. The van der Waals surface area contributed by atoms with Gasteiger partial charge in [-0.05, 0) is 18.2 Å². The second kappa shape index (κ2) is 4.74. The summed E-state index contributed by atoms with van der Waals surface area (Å²) in [6, 6.07) is 7.54. The first kappa shape index (κ1) is 13.9. The zero-order chi connectivity index (χ0) is 15.2. The molecule has 1 aromatic carbocycles. The fraction of sp³-hybridized carbons (Fsp3) is 0.0769. The van der Waals surface area contributed by atoms with Crippen LogP contribution in [0.2, 0.25) is 0 Å². The van der Waals surface area contributed by atoms with Crippen LogP contribution < -0.4 is 5.56 Å². The molecule has 21 heavy (non-hydrogen) atoms. The largest absolute Gasteiger partial charge is 0.320 e. The number of thiazole rings is 1. The van der Waals surface area contributed by atoms with E-state index in [4.69, 9.17) is 0 Å². The molecule has 0 aliphatic carbocycles. The molecule has 3 rings (SSSR count). The molecular weight excluding hydrogens is 315 g/mol. The highest BCUT2D eigenvalue weighted by molar-refractivity contribution is 7.92. The number of fused-ring (bicyclic) bond motifs is 1. The third-order valence-electron chi connectivity index (χ3n) is 2.85. The second-order valence-electron chi connectivity index (χ2n) is 4.46. The van der Waals surface area contributed by atoms with Crippen molar-refractivity contribution in [3.8, 4) is 11.3 Å². The van der Waals surface area contributed by atoms with Crippen molar-refractivity contribution >= 4 is 31.4 Å². The van der Waals surface area contributed by atoms with Gasteiger partial charge in [0.25, 0.3) is 5.56 Å². The number of halogens is 1. The average molecular weight is 324 g/mol. The molecule has 0 unspecified atom stereocenters. The first-order valence-corrected chi connectivity index (χ1v) is 8.56. The third kappa shape index (κ3) is 2.47. The van der Waals surface area contributed by atoms with E-state index in [0.29, 0.717) is 4.70 Å². The summed E-state index contributed by atoms with van der Waals surface area (Å²) in [5.41, 5.74) is 0.0255. The molecule has 2 aromatic heterocycles. The number of pyridine rings is 1. The zero-order valence-corrected chi connectivity index (χ0v) is 12.4. The number of hydrogen-bond acceptors (Lipinski definition) is 5. The summed E-state index contributed by atoms with van der Waals surface area (Å²) >= 11 is 0.892. The molecule has 0 aliphatic heterocycles. The summed E-state index contributed by atoms with van der Waals surface area (Å²) in [5, 5.41) is 0. The fourth-order valence-corrected chi connectivity index (χ4v) is 3.77. The molecule has 0 radical (unpaired) electrons. The van der Waals surface area contributed by atoms with Gasteiger partial charge < -0.3 is 4.98 Å². The highest BCUT2D eigenvalue weighted by Gasteiger charge is 2.17. The number of nitrogens with zero attached hydrogens (tertiary/aromatic N) is 1. The Balaban J connectivity index is 2.29. The lowest BCUT2D eigenvalue weighted by molar-refractivity contribution is 0.601. The molecule has 0 fully saturated rings. The van der Waals surface area contributed by atoms with Crippen molar-refractivity contribution < 1.29 is 12.8 Å². The number of benzene rings is 1. The molecule has 8 heteroatoms. The summed E-state index contributed by atoms with van der Waals surface area (Å²) in [7, 11) is -3.49. The Morgan fingerprint density at radius 3 is 2.67 bits per heavy atom. The van der Waals surface area contributed by atoms with Crippen LogP contribution in [0.15, 0.2) is 39.5 Å². The van der Waals surface area contributed by atoms with Crippen molar-refractivity contribution in [1.82, 2.24) is 9.97 Å². The van der Waals surface area contributed by atoms with Gasteiger partial charge >= 0.3 is 0 Å². The molecule has 0 bridgehead atoms. The molecule has 0 atom stereocenters. The number of aromatic amines is 1. The molecule has 108 valence electrons. The first-order chi connectivity index (χ1) is 9.86. The van der Waals surface area contributed by atoms with Crippen LogP contribution in [0.3, 0.4) is 0 Å². The molecule has 3 aromatic rings. The van der Waals surface area contributed by atoms with E-state index in [1.807, 2.05) is 0 Å². The van der Waals surface area contributed by atoms with E-state index in [1.165, 1.54) is 18.2 Å². The van der Waals surface area contributed by atoms with Crippen molar-refractivity contribution in [3.05, 3.63) is 46.5 Å². The van der Waals surface area contributed by atoms with E-state index >= 15 is 0 Å². The smallest absolute Gasteiger partial charge is 0.275 e. The normalized spacial score (nSPS) is 11.9. The highest BCUT2D eigenvalue weighted by atomic mass is 32.2. The molecule has 2 heterocycles. The van der Waals surface area contributed by atoms with Crippen molar-refractivity contribution in [1.29, 1.82) is 0 Å². The zero-order valence-electron chi connectivity index (χ0n) is 10.8. The van der Waals surface area contributed by atoms with Gasteiger partial charge in [-0.25, -0.2) is 17.8 Å². The lowest BCUT2D eigenvalue weighted by Crippen LogP contribution is -2.08. The topological polar surface area (TPSA) is 79.9 Å². The number of aromatic nitrogens is 2. The lowest BCUT2D eigenvalue weighted by Gasteiger charge is -2.02. The SMILES string of the molecule is CS(=O)(=O)c1nc2c(=O)[nH]c(-c3ccccc3F)cc2s1. The van der Waals surface area contributed by atoms with Gasteiger partial charge in [0.1, 0.15) is 11.3 Å². The molecule has 0 amide bonds. The predicted molar refractivity (Wildman–Crippen MR) is 78.7 cm³/mol. The van der Waals surface area contributed by atoms with E-state index in [1.54, 1.807) is 12.1 Å². The van der Waals surface area contributed by atoms with Crippen LogP contribution in [0.4, 0.5) is 4.39 Å². The highest BCUT2D eigenvalue weighted by Crippen LogP contribution is 2.27. The van der Waals surface area contributed by atoms with Crippen molar-refractivity contribution in [2.45, 2.75) is 4.34 Å². The van der Waals surface area contributed by atoms with Crippen LogP contribution in [0, 0.1) is 5.82 Å². The Morgan fingerprint density at radius 2 is 2.00 bits per heavy atom. The Bertz CT molecular complexity index is 1010. The van der Waals surface area contributed by atoms with E-state index in [9.17, 15) is 17.6 Å². The van der Waals surface area contributed by atoms with Gasteiger partial charge in [-0.1, -0.05) is 12.1 Å². The molecule has 5 nitrogen and oxygen atoms in total. The maximum Gasteiger partial charge on any atom is 0.275 e. The maximum atomic E-state index is 13.8. The van der Waals surface area contributed by atoms with Gasteiger partial charge in [-0.15, -0.1) is 11.3 Å². The molecule has 0 saturated heterocycles. The second-order valence-corrected chi connectivity index (χ2v) is 7.68. The van der Waals surface area contributed by atoms with Gasteiger partial charge in [0.15, 0.2) is 0 Å². The maximum absolute atomic E-state index is 13.8.